The Morgan fingerprint density at radius 3 is 2.52 bits per heavy atom. The Morgan fingerprint density at radius 1 is 1.15 bits per heavy atom. The Labute approximate surface area is 166 Å². The predicted octanol–water partition coefficient (Wildman–Crippen LogP) is 3.27. The SMILES string of the molecule is CC(C)CCSc1nc2c(c(=O)n(C)c(=O)n2C)n1Cc1ccccc1Cl. The molecule has 1 aromatic carbocycles. The molecule has 144 valence electrons. The van der Waals surface area contributed by atoms with Crippen molar-refractivity contribution in [3.8, 4) is 0 Å². The number of aryl methyl sites for hydroxylation is 1. The Hall–Kier alpha value is -1.99. The van der Waals surface area contributed by atoms with Crippen LogP contribution in [0, 0.1) is 5.92 Å². The number of imidazole rings is 1. The van der Waals surface area contributed by atoms with Gasteiger partial charge in [0.2, 0.25) is 0 Å². The molecule has 3 aromatic rings. The quantitative estimate of drug-likeness (QED) is 0.589. The summed E-state index contributed by atoms with van der Waals surface area (Å²) < 4.78 is 4.42. The van der Waals surface area contributed by atoms with Gasteiger partial charge in [0.15, 0.2) is 16.3 Å². The molecule has 0 saturated carbocycles. The van der Waals surface area contributed by atoms with Gasteiger partial charge in [-0.15, -0.1) is 0 Å². The van der Waals surface area contributed by atoms with E-state index in [2.05, 4.69) is 18.8 Å². The van der Waals surface area contributed by atoms with Crippen LogP contribution in [0.25, 0.3) is 11.2 Å². The van der Waals surface area contributed by atoms with Gasteiger partial charge in [-0.3, -0.25) is 13.9 Å². The molecule has 0 radical (unpaired) electrons. The minimum absolute atomic E-state index is 0.344. The topological polar surface area (TPSA) is 61.8 Å². The van der Waals surface area contributed by atoms with Crippen LogP contribution < -0.4 is 11.2 Å². The highest BCUT2D eigenvalue weighted by molar-refractivity contribution is 7.99. The number of thioether (sulfide) groups is 1. The Bertz CT molecular complexity index is 1100. The average molecular weight is 407 g/mol. The number of nitrogens with zero attached hydrogens (tertiary/aromatic N) is 4. The van der Waals surface area contributed by atoms with E-state index in [0.717, 1.165) is 27.5 Å². The molecule has 0 spiro atoms. The van der Waals surface area contributed by atoms with Crippen LogP contribution in [0.1, 0.15) is 25.8 Å². The summed E-state index contributed by atoms with van der Waals surface area (Å²) in [5, 5.41) is 1.36. The van der Waals surface area contributed by atoms with Gasteiger partial charge in [-0.25, -0.2) is 9.78 Å². The van der Waals surface area contributed by atoms with Crippen molar-refractivity contribution in [1.82, 2.24) is 18.7 Å². The first-order valence-electron chi connectivity index (χ1n) is 8.83. The zero-order valence-electron chi connectivity index (χ0n) is 15.9. The van der Waals surface area contributed by atoms with E-state index in [4.69, 9.17) is 11.6 Å². The fourth-order valence-electron chi connectivity index (χ4n) is 2.87. The van der Waals surface area contributed by atoms with Gasteiger partial charge in [0.05, 0.1) is 6.54 Å². The number of rotatable bonds is 6. The lowest BCUT2D eigenvalue weighted by Crippen LogP contribution is -2.37. The van der Waals surface area contributed by atoms with Crippen molar-refractivity contribution in [2.24, 2.45) is 20.0 Å². The normalized spacial score (nSPS) is 11.6. The lowest BCUT2D eigenvalue weighted by Gasteiger charge is -2.11. The zero-order chi connectivity index (χ0) is 19.7. The van der Waals surface area contributed by atoms with Crippen molar-refractivity contribution in [1.29, 1.82) is 0 Å². The standard InChI is InChI=1S/C19H23ClN4O2S/c1-12(2)9-10-27-18-21-16-15(17(25)23(4)19(26)22(16)3)24(18)11-13-7-5-6-8-14(13)20/h5-8,12H,9-11H2,1-4H3. The van der Waals surface area contributed by atoms with E-state index in [1.807, 2.05) is 28.8 Å². The van der Waals surface area contributed by atoms with E-state index in [1.165, 1.54) is 11.6 Å². The molecule has 6 nitrogen and oxygen atoms in total. The molecule has 0 amide bonds. The van der Waals surface area contributed by atoms with Crippen molar-refractivity contribution >= 4 is 34.5 Å². The minimum Gasteiger partial charge on any atom is -0.309 e. The number of halogens is 1. The van der Waals surface area contributed by atoms with Gasteiger partial charge in [0.25, 0.3) is 5.56 Å². The third-order valence-corrected chi connectivity index (χ3v) is 5.90. The molecule has 2 heterocycles. The van der Waals surface area contributed by atoms with E-state index in [0.29, 0.717) is 28.6 Å². The zero-order valence-corrected chi connectivity index (χ0v) is 17.5. The first kappa shape index (κ1) is 19.8. The summed E-state index contributed by atoms with van der Waals surface area (Å²) in [5.74, 6) is 1.47. The maximum atomic E-state index is 12.8. The Balaban J connectivity index is 2.19. The van der Waals surface area contributed by atoms with Crippen molar-refractivity contribution in [2.75, 3.05) is 5.75 Å². The number of hydrogen-bond acceptors (Lipinski definition) is 4. The molecule has 0 atom stereocenters. The fraction of sp³-hybridized carbons (Fsp3) is 0.421. The molecule has 3 rings (SSSR count). The fourth-order valence-corrected chi connectivity index (χ4v) is 4.30. The van der Waals surface area contributed by atoms with E-state index in [9.17, 15) is 9.59 Å². The molecule has 27 heavy (non-hydrogen) atoms. The maximum absolute atomic E-state index is 12.8. The van der Waals surface area contributed by atoms with Gasteiger partial charge in [-0.1, -0.05) is 55.4 Å². The van der Waals surface area contributed by atoms with Crippen molar-refractivity contribution in [3.05, 3.63) is 55.7 Å². The lowest BCUT2D eigenvalue weighted by molar-refractivity contribution is 0.630. The summed E-state index contributed by atoms with van der Waals surface area (Å²) in [7, 11) is 3.13. The molecule has 0 N–H and O–H groups in total. The average Bonchev–Trinajstić information content (AvgIpc) is 2.98. The molecular weight excluding hydrogens is 384 g/mol. The first-order valence-corrected chi connectivity index (χ1v) is 10.2. The second kappa shape index (κ2) is 7.94. The molecule has 8 heteroatoms. The lowest BCUT2D eigenvalue weighted by atomic mass is 10.2. The van der Waals surface area contributed by atoms with Crippen LogP contribution in [0.15, 0.2) is 39.0 Å². The second-order valence-corrected chi connectivity index (χ2v) is 8.45. The predicted molar refractivity (Wildman–Crippen MR) is 111 cm³/mol. The summed E-state index contributed by atoms with van der Waals surface area (Å²) in [6.07, 6.45) is 1.04. The summed E-state index contributed by atoms with van der Waals surface area (Å²) >= 11 is 7.94. The van der Waals surface area contributed by atoms with Crippen LogP contribution in [0.3, 0.4) is 0 Å². The molecule has 0 fully saturated rings. The molecule has 0 aliphatic rings. The van der Waals surface area contributed by atoms with Gasteiger partial charge in [0.1, 0.15) is 0 Å². The molecule has 0 bridgehead atoms. The van der Waals surface area contributed by atoms with E-state index in [-0.39, 0.29) is 11.2 Å². The highest BCUT2D eigenvalue weighted by Gasteiger charge is 2.20. The third kappa shape index (κ3) is 3.84. The third-order valence-electron chi connectivity index (χ3n) is 4.53. The molecule has 0 saturated heterocycles. The number of aromatic nitrogens is 4. The molecule has 2 aromatic heterocycles. The summed E-state index contributed by atoms with van der Waals surface area (Å²) in [6.45, 7) is 4.77. The van der Waals surface area contributed by atoms with Crippen LogP contribution in [-0.2, 0) is 20.6 Å². The van der Waals surface area contributed by atoms with Crippen LogP contribution >= 0.6 is 23.4 Å². The van der Waals surface area contributed by atoms with Crippen molar-refractivity contribution in [3.63, 3.8) is 0 Å². The van der Waals surface area contributed by atoms with E-state index < -0.39 is 0 Å². The maximum Gasteiger partial charge on any atom is 0.332 e. The molecule has 0 aliphatic carbocycles. The first-order chi connectivity index (χ1) is 12.8. The minimum atomic E-state index is -0.381. The monoisotopic (exact) mass is 406 g/mol. The van der Waals surface area contributed by atoms with E-state index >= 15 is 0 Å². The van der Waals surface area contributed by atoms with Crippen LogP contribution in [0.5, 0.6) is 0 Å². The van der Waals surface area contributed by atoms with Crippen molar-refractivity contribution < 1.29 is 0 Å². The van der Waals surface area contributed by atoms with Crippen LogP contribution in [0.4, 0.5) is 0 Å². The summed E-state index contributed by atoms with van der Waals surface area (Å²) in [4.78, 5) is 29.8. The van der Waals surface area contributed by atoms with Crippen LogP contribution in [0.2, 0.25) is 5.02 Å². The molecular formula is C19H23ClN4O2S. The second-order valence-electron chi connectivity index (χ2n) is 6.98. The summed E-state index contributed by atoms with van der Waals surface area (Å²) in [6, 6.07) is 7.55. The van der Waals surface area contributed by atoms with Gasteiger partial charge in [0, 0.05) is 24.9 Å². The Morgan fingerprint density at radius 2 is 1.85 bits per heavy atom. The molecule has 0 unspecified atom stereocenters. The van der Waals surface area contributed by atoms with Gasteiger partial charge >= 0.3 is 5.69 Å². The smallest absolute Gasteiger partial charge is 0.309 e. The number of benzene rings is 1. The van der Waals surface area contributed by atoms with Crippen LogP contribution in [-0.4, -0.2) is 24.4 Å². The number of hydrogen-bond donors (Lipinski definition) is 0. The largest absolute Gasteiger partial charge is 0.332 e. The molecule has 0 aliphatic heterocycles. The van der Waals surface area contributed by atoms with E-state index in [1.54, 1.807) is 18.8 Å². The van der Waals surface area contributed by atoms with Gasteiger partial charge in [-0.05, 0) is 24.0 Å². The summed E-state index contributed by atoms with van der Waals surface area (Å²) in [5.41, 5.74) is 1.01. The van der Waals surface area contributed by atoms with Gasteiger partial charge in [-0.2, -0.15) is 0 Å². The highest BCUT2D eigenvalue weighted by Crippen LogP contribution is 2.26. The van der Waals surface area contributed by atoms with Crippen molar-refractivity contribution in [2.45, 2.75) is 32.0 Å². The van der Waals surface area contributed by atoms with Gasteiger partial charge < -0.3 is 4.57 Å². The highest BCUT2D eigenvalue weighted by atomic mass is 35.5. The Kier molecular flexibility index (Phi) is 5.81. The number of fused-ring (bicyclic) bond motifs is 1.